The summed E-state index contributed by atoms with van der Waals surface area (Å²) < 4.78 is 0. The van der Waals surface area contributed by atoms with E-state index in [1.54, 1.807) is 0 Å². The summed E-state index contributed by atoms with van der Waals surface area (Å²) in [5.74, 6) is 0.962. The molecule has 0 aromatic rings. The lowest BCUT2D eigenvalue weighted by atomic mass is 9.63. The summed E-state index contributed by atoms with van der Waals surface area (Å²) in [6.07, 6.45) is 9.39. The summed E-state index contributed by atoms with van der Waals surface area (Å²) in [7, 11) is 0. The minimum absolute atomic E-state index is 0.449. The number of piperidine rings is 1. The van der Waals surface area contributed by atoms with E-state index in [0.717, 1.165) is 24.8 Å². The van der Waals surface area contributed by atoms with Crippen molar-refractivity contribution in [1.82, 2.24) is 4.90 Å². The molecule has 3 rings (SSSR count). The van der Waals surface area contributed by atoms with Crippen LogP contribution in [0.2, 0.25) is 0 Å². The molecule has 0 atom stereocenters. The molecular weight excluding hydrogens is 186 g/mol. The summed E-state index contributed by atoms with van der Waals surface area (Å²) in [6.45, 7) is 3.11. The van der Waals surface area contributed by atoms with Crippen molar-refractivity contribution in [2.45, 2.75) is 44.9 Å². The Morgan fingerprint density at radius 3 is 2.27 bits per heavy atom. The van der Waals surface area contributed by atoms with Gasteiger partial charge in [-0.3, -0.25) is 9.69 Å². The molecule has 1 saturated heterocycles. The Labute approximate surface area is 92.0 Å². The highest BCUT2D eigenvalue weighted by Gasteiger charge is 2.40. The fourth-order valence-corrected chi connectivity index (χ4v) is 3.12. The minimum atomic E-state index is 0.449. The van der Waals surface area contributed by atoms with Gasteiger partial charge in [0, 0.05) is 5.92 Å². The zero-order valence-corrected chi connectivity index (χ0v) is 9.50. The smallest absolute Gasteiger partial charge is 0.149 e. The summed E-state index contributed by atoms with van der Waals surface area (Å²) >= 11 is 0. The number of carbonyl (C=O) groups is 1. The summed E-state index contributed by atoms with van der Waals surface area (Å²) in [4.78, 5) is 14.1. The van der Waals surface area contributed by atoms with E-state index in [9.17, 15) is 4.79 Å². The molecule has 2 heteroatoms. The number of nitrogens with zero attached hydrogens (tertiary/aromatic N) is 1. The highest BCUT2D eigenvalue weighted by Crippen LogP contribution is 2.48. The van der Waals surface area contributed by atoms with Gasteiger partial charge in [0.2, 0.25) is 0 Å². The summed E-state index contributed by atoms with van der Waals surface area (Å²) in [6, 6.07) is 0. The fraction of sp³-hybridized carbons (Fsp3) is 0.923. The number of carbonyl (C=O) groups excluding carboxylic acids is 1. The molecule has 1 heterocycles. The van der Waals surface area contributed by atoms with E-state index in [1.807, 2.05) is 0 Å². The van der Waals surface area contributed by atoms with Crippen LogP contribution in [-0.2, 0) is 4.79 Å². The third-order valence-electron chi connectivity index (χ3n) is 4.74. The average molecular weight is 207 g/mol. The lowest BCUT2D eigenvalue weighted by Crippen LogP contribution is -2.45. The van der Waals surface area contributed by atoms with Gasteiger partial charge in [-0.25, -0.2) is 0 Å². The maximum absolute atomic E-state index is 11.7. The minimum Gasteiger partial charge on any atom is -0.298 e. The Morgan fingerprint density at radius 2 is 1.80 bits per heavy atom. The third-order valence-corrected chi connectivity index (χ3v) is 4.74. The van der Waals surface area contributed by atoms with Crippen molar-refractivity contribution < 1.29 is 4.79 Å². The quantitative estimate of drug-likeness (QED) is 0.707. The molecular formula is C13H21NO. The van der Waals surface area contributed by atoms with Crippen molar-refractivity contribution in [1.29, 1.82) is 0 Å². The number of hydrogen-bond donors (Lipinski definition) is 0. The topological polar surface area (TPSA) is 20.3 Å². The fourth-order valence-electron chi connectivity index (χ4n) is 3.12. The van der Waals surface area contributed by atoms with Crippen LogP contribution >= 0.6 is 0 Å². The van der Waals surface area contributed by atoms with E-state index in [2.05, 4.69) is 4.90 Å². The van der Waals surface area contributed by atoms with E-state index in [4.69, 9.17) is 0 Å². The molecule has 0 aromatic heterocycles. The van der Waals surface area contributed by atoms with Crippen molar-refractivity contribution in [3.8, 4) is 0 Å². The van der Waals surface area contributed by atoms with Crippen LogP contribution < -0.4 is 0 Å². The first-order valence-corrected chi connectivity index (χ1v) is 6.53. The van der Waals surface area contributed by atoms with Crippen LogP contribution in [0, 0.1) is 11.3 Å². The highest BCUT2D eigenvalue weighted by atomic mass is 16.1. The molecule has 2 nitrogen and oxygen atoms in total. The second kappa shape index (κ2) is 3.58. The Bertz CT molecular complexity index is 256. The van der Waals surface area contributed by atoms with E-state index in [0.29, 0.717) is 11.7 Å². The molecule has 2 aliphatic carbocycles. The van der Waals surface area contributed by atoms with Crippen molar-refractivity contribution >= 4 is 5.78 Å². The standard InChI is InChI=1S/C13H21NO/c15-12(11-2-3-11)10-14-8-6-13(7-9-14)4-1-5-13/h11H,1-10H2. The molecule has 0 radical (unpaired) electrons. The monoisotopic (exact) mass is 207 g/mol. The zero-order chi connectivity index (χ0) is 10.3. The van der Waals surface area contributed by atoms with Crippen LogP contribution in [-0.4, -0.2) is 30.3 Å². The molecule has 0 N–H and O–H groups in total. The van der Waals surface area contributed by atoms with Gasteiger partial charge in [0.25, 0.3) is 0 Å². The first-order valence-electron chi connectivity index (χ1n) is 6.53. The van der Waals surface area contributed by atoms with Crippen molar-refractivity contribution in [2.75, 3.05) is 19.6 Å². The predicted molar refractivity (Wildman–Crippen MR) is 59.7 cm³/mol. The first-order chi connectivity index (χ1) is 7.27. The number of Topliss-reactive ketones (excluding diaryl/α,β-unsaturated/α-hetero) is 1. The SMILES string of the molecule is O=C(CN1CCC2(CCC2)CC1)C1CC1. The van der Waals surface area contributed by atoms with Crippen LogP contribution in [0.4, 0.5) is 0 Å². The summed E-state index contributed by atoms with van der Waals surface area (Å²) in [5.41, 5.74) is 0.721. The van der Waals surface area contributed by atoms with Gasteiger partial charge in [-0.05, 0) is 57.0 Å². The molecule has 15 heavy (non-hydrogen) atoms. The van der Waals surface area contributed by atoms with Crippen molar-refractivity contribution in [2.24, 2.45) is 11.3 Å². The van der Waals surface area contributed by atoms with E-state index < -0.39 is 0 Å². The molecule has 0 aromatic carbocycles. The second-order valence-corrected chi connectivity index (χ2v) is 5.87. The first kappa shape index (κ1) is 9.83. The number of rotatable bonds is 3. The van der Waals surface area contributed by atoms with Gasteiger partial charge in [-0.15, -0.1) is 0 Å². The molecule has 1 aliphatic heterocycles. The maximum Gasteiger partial charge on any atom is 0.149 e. The van der Waals surface area contributed by atoms with Gasteiger partial charge in [-0.2, -0.15) is 0 Å². The zero-order valence-electron chi connectivity index (χ0n) is 9.50. The Morgan fingerprint density at radius 1 is 1.13 bits per heavy atom. The van der Waals surface area contributed by atoms with Crippen LogP contribution in [0.25, 0.3) is 0 Å². The number of likely N-dealkylation sites (tertiary alicyclic amines) is 1. The molecule has 0 amide bonds. The van der Waals surface area contributed by atoms with Gasteiger partial charge in [0.05, 0.1) is 6.54 Å². The number of hydrogen-bond acceptors (Lipinski definition) is 2. The average Bonchev–Trinajstić information content (AvgIpc) is 2.99. The summed E-state index contributed by atoms with van der Waals surface area (Å²) in [5, 5.41) is 0. The second-order valence-electron chi connectivity index (χ2n) is 5.87. The van der Waals surface area contributed by atoms with E-state index in [-0.39, 0.29) is 0 Å². The largest absolute Gasteiger partial charge is 0.298 e. The molecule has 84 valence electrons. The third kappa shape index (κ3) is 1.96. The van der Waals surface area contributed by atoms with Gasteiger partial charge >= 0.3 is 0 Å². The van der Waals surface area contributed by atoms with Crippen molar-refractivity contribution in [3.05, 3.63) is 0 Å². The molecule has 2 saturated carbocycles. The van der Waals surface area contributed by atoms with Crippen LogP contribution in [0.15, 0.2) is 0 Å². The van der Waals surface area contributed by atoms with Gasteiger partial charge < -0.3 is 0 Å². The number of ketones is 1. The van der Waals surface area contributed by atoms with Crippen LogP contribution in [0.3, 0.4) is 0 Å². The lowest BCUT2D eigenvalue weighted by Gasteiger charge is -2.47. The maximum atomic E-state index is 11.7. The highest BCUT2D eigenvalue weighted by molar-refractivity contribution is 5.84. The van der Waals surface area contributed by atoms with Crippen LogP contribution in [0.5, 0.6) is 0 Å². The molecule has 0 bridgehead atoms. The van der Waals surface area contributed by atoms with E-state index in [1.165, 1.54) is 45.2 Å². The van der Waals surface area contributed by atoms with Crippen LogP contribution in [0.1, 0.15) is 44.9 Å². The molecule has 0 unspecified atom stereocenters. The molecule has 1 spiro atoms. The Kier molecular flexibility index (Phi) is 2.35. The molecule has 3 aliphatic rings. The lowest BCUT2D eigenvalue weighted by molar-refractivity contribution is -0.122. The molecule has 3 fully saturated rings. The van der Waals surface area contributed by atoms with Crippen molar-refractivity contribution in [3.63, 3.8) is 0 Å². The predicted octanol–water partition coefficient (Wildman–Crippen LogP) is 2.23. The van der Waals surface area contributed by atoms with E-state index >= 15 is 0 Å². The van der Waals surface area contributed by atoms with Gasteiger partial charge in [0.15, 0.2) is 0 Å². The van der Waals surface area contributed by atoms with Gasteiger partial charge in [-0.1, -0.05) is 6.42 Å². The van der Waals surface area contributed by atoms with Gasteiger partial charge in [0.1, 0.15) is 5.78 Å². The Balaban J connectivity index is 1.46. The Hall–Kier alpha value is -0.370. The normalized spacial score (nSPS) is 30.1.